The van der Waals surface area contributed by atoms with Crippen LogP contribution in [0.4, 0.5) is 0 Å². The molecule has 0 spiro atoms. The second kappa shape index (κ2) is 9.90. The number of hydrogen-bond donors (Lipinski definition) is 1. The van der Waals surface area contributed by atoms with Crippen molar-refractivity contribution in [1.82, 2.24) is 10.3 Å². The van der Waals surface area contributed by atoms with E-state index in [-0.39, 0.29) is 11.9 Å². The summed E-state index contributed by atoms with van der Waals surface area (Å²) in [5.41, 5.74) is 3.66. The maximum absolute atomic E-state index is 13.1. The molecule has 0 aliphatic rings. The monoisotopic (exact) mass is 410 g/mol. The van der Waals surface area contributed by atoms with Crippen LogP contribution in [0.3, 0.4) is 0 Å². The quantitative estimate of drug-likeness (QED) is 0.413. The predicted octanol–water partition coefficient (Wildman–Crippen LogP) is 5.56. The molecule has 4 nitrogen and oxygen atoms in total. The van der Waals surface area contributed by atoms with Crippen LogP contribution in [0, 0.1) is 0 Å². The van der Waals surface area contributed by atoms with E-state index in [1.165, 1.54) is 5.56 Å². The fourth-order valence-corrected chi connectivity index (χ4v) is 3.55. The first kappa shape index (κ1) is 20.6. The Labute approximate surface area is 182 Å². The number of carbonyl (C=O) groups excluding carboxylic acids is 1. The Bertz CT molecular complexity index is 1140. The Morgan fingerprint density at radius 1 is 0.903 bits per heavy atom. The lowest BCUT2D eigenvalue weighted by Crippen LogP contribution is -2.33. The number of rotatable bonds is 8. The van der Waals surface area contributed by atoms with Crippen LogP contribution in [-0.4, -0.2) is 16.9 Å². The second-order valence-corrected chi connectivity index (χ2v) is 7.70. The number of para-hydroxylation sites is 1. The van der Waals surface area contributed by atoms with E-state index >= 15 is 0 Å². The summed E-state index contributed by atoms with van der Waals surface area (Å²) in [7, 11) is 0. The van der Waals surface area contributed by atoms with Gasteiger partial charge in [-0.3, -0.25) is 4.79 Å². The van der Waals surface area contributed by atoms with Gasteiger partial charge in [0.2, 0.25) is 5.88 Å². The van der Waals surface area contributed by atoms with Crippen LogP contribution in [0.15, 0.2) is 91.0 Å². The Hall–Kier alpha value is -3.66. The molecule has 3 aromatic carbocycles. The Kier molecular flexibility index (Phi) is 6.58. The average molecular weight is 411 g/mol. The highest BCUT2D eigenvalue weighted by atomic mass is 16.5. The van der Waals surface area contributed by atoms with Gasteiger partial charge in [-0.15, -0.1) is 0 Å². The zero-order valence-corrected chi connectivity index (χ0v) is 17.6. The van der Waals surface area contributed by atoms with Crippen LogP contribution in [0.25, 0.3) is 10.9 Å². The van der Waals surface area contributed by atoms with Crippen LogP contribution in [0.2, 0.25) is 0 Å². The molecule has 0 fully saturated rings. The molecule has 0 bridgehead atoms. The molecule has 0 unspecified atom stereocenters. The van der Waals surface area contributed by atoms with E-state index in [0.717, 1.165) is 29.3 Å². The number of aromatic nitrogens is 1. The number of pyridine rings is 1. The fraction of sp³-hybridized carbons (Fsp3) is 0.185. The Morgan fingerprint density at radius 2 is 1.55 bits per heavy atom. The molecule has 1 heterocycles. The summed E-state index contributed by atoms with van der Waals surface area (Å²) in [6.07, 6.45) is 1.79. The van der Waals surface area contributed by atoms with Crippen LogP contribution in [-0.2, 0) is 13.0 Å². The molecule has 1 amide bonds. The summed E-state index contributed by atoms with van der Waals surface area (Å²) >= 11 is 0. The fourth-order valence-electron chi connectivity index (χ4n) is 3.55. The molecule has 156 valence electrons. The van der Waals surface area contributed by atoms with Crippen molar-refractivity contribution in [3.8, 4) is 5.88 Å². The predicted molar refractivity (Wildman–Crippen MR) is 124 cm³/mol. The van der Waals surface area contributed by atoms with E-state index in [9.17, 15) is 4.79 Å². The minimum Gasteiger partial charge on any atom is -0.473 e. The number of nitrogens with one attached hydrogen (secondary N) is 1. The van der Waals surface area contributed by atoms with Crippen LogP contribution < -0.4 is 10.1 Å². The number of aryl methyl sites for hydroxylation is 1. The van der Waals surface area contributed by atoms with Gasteiger partial charge in [-0.2, -0.15) is 0 Å². The normalized spacial score (nSPS) is 11.8. The maximum atomic E-state index is 13.1. The van der Waals surface area contributed by atoms with Gasteiger partial charge in [0, 0.05) is 17.5 Å². The van der Waals surface area contributed by atoms with Gasteiger partial charge in [0.15, 0.2) is 0 Å². The Balaban J connectivity index is 1.49. The summed E-state index contributed by atoms with van der Waals surface area (Å²) in [5, 5.41) is 3.96. The molecule has 0 saturated carbocycles. The van der Waals surface area contributed by atoms with E-state index in [2.05, 4.69) is 22.4 Å². The van der Waals surface area contributed by atoms with Crippen molar-refractivity contribution in [1.29, 1.82) is 0 Å². The van der Waals surface area contributed by atoms with Crippen molar-refractivity contribution in [3.05, 3.63) is 108 Å². The van der Waals surface area contributed by atoms with Gasteiger partial charge in [0.1, 0.15) is 6.61 Å². The molecule has 1 aromatic heterocycles. The molecule has 31 heavy (non-hydrogen) atoms. The van der Waals surface area contributed by atoms with Crippen molar-refractivity contribution in [3.63, 3.8) is 0 Å². The van der Waals surface area contributed by atoms with E-state index in [4.69, 9.17) is 4.74 Å². The SMILES string of the molecule is C[C@H](CCc1ccccc1)NC(=O)c1cc(OCc2ccccc2)nc2ccccc12. The van der Waals surface area contributed by atoms with Crippen molar-refractivity contribution in [2.24, 2.45) is 0 Å². The third-order valence-electron chi connectivity index (χ3n) is 5.25. The van der Waals surface area contributed by atoms with Crippen molar-refractivity contribution in [2.75, 3.05) is 0 Å². The number of benzene rings is 3. The molecular weight excluding hydrogens is 384 g/mol. The zero-order chi connectivity index (χ0) is 21.5. The smallest absolute Gasteiger partial charge is 0.252 e. The molecule has 0 saturated heterocycles. The van der Waals surface area contributed by atoms with E-state index in [1.54, 1.807) is 6.07 Å². The lowest BCUT2D eigenvalue weighted by Gasteiger charge is -2.16. The number of amides is 1. The zero-order valence-electron chi connectivity index (χ0n) is 17.6. The van der Waals surface area contributed by atoms with E-state index in [1.807, 2.05) is 79.7 Å². The summed E-state index contributed by atoms with van der Waals surface area (Å²) < 4.78 is 5.91. The first-order chi connectivity index (χ1) is 15.2. The highest BCUT2D eigenvalue weighted by molar-refractivity contribution is 6.06. The number of ether oxygens (including phenoxy) is 1. The van der Waals surface area contributed by atoms with Crippen LogP contribution in [0.1, 0.15) is 34.8 Å². The third-order valence-corrected chi connectivity index (χ3v) is 5.25. The van der Waals surface area contributed by atoms with Gasteiger partial charge in [0.25, 0.3) is 5.91 Å². The highest BCUT2D eigenvalue weighted by Gasteiger charge is 2.16. The standard InChI is InChI=1S/C27H26N2O2/c1-20(16-17-21-10-4-2-5-11-21)28-27(30)24-18-26(29-25-15-9-8-14-23(24)25)31-19-22-12-6-3-7-13-22/h2-15,18,20H,16-17,19H2,1H3,(H,28,30)/t20-/m1/s1. The summed E-state index contributed by atoms with van der Waals surface area (Å²) in [4.78, 5) is 17.7. The number of nitrogens with zero attached hydrogens (tertiary/aromatic N) is 1. The molecule has 0 radical (unpaired) electrons. The minimum atomic E-state index is -0.108. The first-order valence-corrected chi connectivity index (χ1v) is 10.6. The molecule has 4 rings (SSSR count). The third kappa shape index (κ3) is 5.48. The minimum absolute atomic E-state index is 0.0494. The van der Waals surface area contributed by atoms with E-state index < -0.39 is 0 Å². The van der Waals surface area contributed by atoms with Gasteiger partial charge < -0.3 is 10.1 Å². The molecule has 1 atom stereocenters. The summed E-state index contributed by atoms with van der Waals surface area (Å²) in [6.45, 7) is 2.44. The van der Waals surface area contributed by atoms with Gasteiger partial charge >= 0.3 is 0 Å². The molecule has 0 aliphatic heterocycles. The topological polar surface area (TPSA) is 51.2 Å². The molecular formula is C27H26N2O2. The van der Waals surface area contributed by atoms with Crippen molar-refractivity contribution < 1.29 is 9.53 Å². The highest BCUT2D eigenvalue weighted by Crippen LogP contribution is 2.23. The molecule has 0 aliphatic carbocycles. The van der Waals surface area contributed by atoms with Gasteiger partial charge in [-0.25, -0.2) is 4.98 Å². The van der Waals surface area contributed by atoms with Gasteiger partial charge in [-0.1, -0.05) is 78.9 Å². The second-order valence-electron chi connectivity index (χ2n) is 7.70. The first-order valence-electron chi connectivity index (χ1n) is 10.6. The Morgan fingerprint density at radius 3 is 2.29 bits per heavy atom. The molecule has 4 heteroatoms. The van der Waals surface area contributed by atoms with Crippen LogP contribution in [0.5, 0.6) is 5.88 Å². The summed E-state index contributed by atoms with van der Waals surface area (Å²) in [6, 6.07) is 29.7. The number of hydrogen-bond acceptors (Lipinski definition) is 3. The average Bonchev–Trinajstić information content (AvgIpc) is 2.82. The van der Waals surface area contributed by atoms with Gasteiger partial charge in [0.05, 0.1) is 11.1 Å². The molecule has 4 aromatic rings. The number of fused-ring (bicyclic) bond motifs is 1. The maximum Gasteiger partial charge on any atom is 0.252 e. The lowest BCUT2D eigenvalue weighted by atomic mass is 10.0. The number of carbonyl (C=O) groups is 1. The van der Waals surface area contributed by atoms with Crippen molar-refractivity contribution >= 4 is 16.8 Å². The van der Waals surface area contributed by atoms with E-state index in [0.29, 0.717) is 18.1 Å². The molecule has 1 N–H and O–H groups in total. The van der Waals surface area contributed by atoms with Crippen LogP contribution >= 0.6 is 0 Å². The largest absolute Gasteiger partial charge is 0.473 e. The van der Waals surface area contributed by atoms with Crippen molar-refractivity contribution in [2.45, 2.75) is 32.4 Å². The van der Waals surface area contributed by atoms with Gasteiger partial charge in [-0.05, 0) is 37.0 Å². The summed E-state index contributed by atoms with van der Waals surface area (Å²) in [5.74, 6) is 0.341. The lowest BCUT2D eigenvalue weighted by molar-refractivity contribution is 0.0939.